The number of aromatic nitrogens is 2. The van der Waals surface area contributed by atoms with Gasteiger partial charge in [-0.15, -0.1) is 0 Å². The maximum Gasteiger partial charge on any atom is 0.412 e. The average Bonchev–Trinajstić information content (AvgIpc) is 3.46. The molecule has 0 amide bonds. The fourth-order valence-corrected chi connectivity index (χ4v) is 5.91. The van der Waals surface area contributed by atoms with Gasteiger partial charge in [-0.25, -0.2) is 9.97 Å². The number of rotatable bonds is 2. The zero-order valence-electron chi connectivity index (χ0n) is 20.2. The number of hydrogen-bond acceptors (Lipinski definition) is 7. The van der Waals surface area contributed by atoms with Crippen LogP contribution in [-0.2, 0) is 0 Å². The smallest absolute Gasteiger partial charge is 0.412 e. The summed E-state index contributed by atoms with van der Waals surface area (Å²) in [7, 11) is 8.46. The van der Waals surface area contributed by atoms with Crippen molar-refractivity contribution < 1.29 is 4.42 Å². The Balaban J connectivity index is 1.33. The van der Waals surface area contributed by atoms with Crippen LogP contribution >= 0.6 is 0 Å². The molecule has 0 radical (unpaired) electrons. The largest absolute Gasteiger partial charge is 0.456 e. The number of benzene rings is 2. The summed E-state index contributed by atoms with van der Waals surface area (Å²) in [6.45, 7) is 0.148. The van der Waals surface area contributed by atoms with Gasteiger partial charge in [0.25, 0.3) is 0 Å². The Hall–Kier alpha value is -4.13. The molecule has 5 aromatic rings. The molecule has 0 unspecified atom stereocenters. The Kier molecular flexibility index (Phi) is 4.16. The summed E-state index contributed by atoms with van der Waals surface area (Å²) in [4.78, 5) is 18.2. The summed E-state index contributed by atoms with van der Waals surface area (Å²) in [5, 5.41) is 2.26. The zero-order chi connectivity index (χ0) is 23.8. The quantitative estimate of drug-likeness (QED) is 0.378. The zero-order valence-corrected chi connectivity index (χ0v) is 20.2. The van der Waals surface area contributed by atoms with Crippen LogP contribution in [0.15, 0.2) is 77.5 Å². The molecule has 0 saturated carbocycles. The van der Waals surface area contributed by atoms with E-state index in [1.165, 1.54) is 10.9 Å². The standard InChI is InChI=1S/C26H24B2N6O/c1-31-21-7-5-13-29-25(21)33(3)27(31)17-9-11-23-19(15-17)20-16-18(10-12-24(20)35-23)28-32(2)22-8-6-14-30-26(22)34(28)4/h5-16H,1-4H3. The van der Waals surface area contributed by atoms with E-state index >= 15 is 0 Å². The number of fused-ring (bicyclic) bond motifs is 5. The van der Waals surface area contributed by atoms with Crippen LogP contribution in [0.25, 0.3) is 21.9 Å². The molecule has 35 heavy (non-hydrogen) atoms. The van der Waals surface area contributed by atoms with Crippen LogP contribution in [0.4, 0.5) is 23.0 Å². The Labute approximate surface area is 204 Å². The first kappa shape index (κ1) is 20.3. The molecule has 9 heteroatoms. The molecule has 0 atom stereocenters. The van der Waals surface area contributed by atoms with E-state index in [0.717, 1.165) is 44.9 Å². The highest BCUT2D eigenvalue weighted by molar-refractivity contribution is 6.82. The van der Waals surface area contributed by atoms with Gasteiger partial charge in [0.1, 0.15) is 22.8 Å². The molecule has 5 heterocycles. The average molecular weight is 458 g/mol. The van der Waals surface area contributed by atoms with Crippen molar-refractivity contribution in [1.29, 1.82) is 0 Å². The van der Waals surface area contributed by atoms with E-state index in [1.807, 2.05) is 24.5 Å². The molecule has 7 nitrogen and oxygen atoms in total. The lowest BCUT2D eigenvalue weighted by atomic mass is 9.65. The van der Waals surface area contributed by atoms with Crippen LogP contribution in [0.5, 0.6) is 0 Å². The van der Waals surface area contributed by atoms with Gasteiger partial charge >= 0.3 is 14.0 Å². The van der Waals surface area contributed by atoms with E-state index < -0.39 is 0 Å². The molecule has 0 aliphatic carbocycles. The van der Waals surface area contributed by atoms with Gasteiger partial charge in [-0.05, 0) is 75.5 Å². The second-order valence-electron chi connectivity index (χ2n) is 9.50. The molecule has 0 saturated heterocycles. The molecule has 7 rings (SSSR count). The van der Waals surface area contributed by atoms with Gasteiger partial charge in [0.2, 0.25) is 0 Å². The second kappa shape index (κ2) is 7.18. The van der Waals surface area contributed by atoms with E-state index in [9.17, 15) is 0 Å². The first-order valence-electron chi connectivity index (χ1n) is 11.8. The van der Waals surface area contributed by atoms with Crippen LogP contribution in [0.2, 0.25) is 0 Å². The highest BCUT2D eigenvalue weighted by atomic mass is 16.3. The lowest BCUT2D eigenvalue weighted by Crippen LogP contribution is -2.54. The van der Waals surface area contributed by atoms with Gasteiger partial charge in [-0.2, -0.15) is 0 Å². The summed E-state index contributed by atoms with van der Waals surface area (Å²) in [5.41, 5.74) is 6.50. The predicted molar refractivity (Wildman–Crippen MR) is 147 cm³/mol. The topological polar surface area (TPSA) is 51.9 Å². The molecule has 2 aliphatic rings. The second-order valence-corrected chi connectivity index (χ2v) is 9.50. The van der Waals surface area contributed by atoms with Crippen molar-refractivity contribution in [2.75, 3.05) is 47.4 Å². The van der Waals surface area contributed by atoms with Crippen LogP contribution in [0.3, 0.4) is 0 Å². The summed E-state index contributed by atoms with van der Waals surface area (Å²) >= 11 is 0. The SMILES string of the molecule is CN1B(c2ccc3oc4ccc(B5N(C)c6cccnc6N5C)cc4c3c2)N(C)c2ncccc21. The van der Waals surface area contributed by atoms with Gasteiger partial charge in [0, 0.05) is 23.2 Å². The van der Waals surface area contributed by atoms with Crippen molar-refractivity contribution in [3.05, 3.63) is 73.1 Å². The predicted octanol–water partition coefficient (Wildman–Crippen LogP) is 2.94. The normalized spacial score (nSPS) is 15.1. The van der Waals surface area contributed by atoms with Crippen LogP contribution in [-0.4, -0.2) is 52.1 Å². The lowest BCUT2D eigenvalue weighted by molar-refractivity contribution is 0.669. The van der Waals surface area contributed by atoms with Crippen LogP contribution < -0.4 is 30.2 Å². The number of pyridine rings is 2. The third kappa shape index (κ3) is 2.75. The van der Waals surface area contributed by atoms with Crippen molar-refractivity contribution in [1.82, 2.24) is 9.97 Å². The monoisotopic (exact) mass is 458 g/mol. The third-order valence-electron chi connectivity index (χ3n) is 7.54. The van der Waals surface area contributed by atoms with Gasteiger partial charge < -0.3 is 23.7 Å². The number of anilines is 4. The molecule has 170 valence electrons. The third-order valence-corrected chi connectivity index (χ3v) is 7.54. The van der Waals surface area contributed by atoms with Crippen molar-refractivity contribution in [2.45, 2.75) is 0 Å². The van der Waals surface area contributed by atoms with E-state index in [1.54, 1.807) is 0 Å². The number of nitrogens with zero attached hydrogens (tertiary/aromatic N) is 6. The van der Waals surface area contributed by atoms with E-state index in [4.69, 9.17) is 4.42 Å². The molecule has 0 fully saturated rings. The van der Waals surface area contributed by atoms with Gasteiger partial charge in [-0.1, -0.05) is 24.3 Å². The van der Waals surface area contributed by atoms with Crippen molar-refractivity contribution in [3.63, 3.8) is 0 Å². The minimum absolute atomic E-state index is 0.0742. The Bertz CT molecular complexity index is 1440. The molecule has 0 spiro atoms. The summed E-state index contributed by atoms with van der Waals surface area (Å²) in [5.74, 6) is 2.00. The molecular weight excluding hydrogens is 434 g/mol. The molecule has 2 aliphatic heterocycles. The molecule has 0 bridgehead atoms. The molecule has 3 aromatic heterocycles. The van der Waals surface area contributed by atoms with Crippen LogP contribution in [0.1, 0.15) is 0 Å². The fourth-order valence-electron chi connectivity index (χ4n) is 5.91. The van der Waals surface area contributed by atoms with E-state index in [-0.39, 0.29) is 14.0 Å². The van der Waals surface area contributed by atoms with Crippen LogP contribution in [0, 0.1) is 0 Å². The first-order chi connectivity index (χ1) is 17.0. The van der Waals surface area contributed by atoms with E-state index in [0.29, 0.717) is 0 Å². The molecular formula is C26H24B2N6O. The van der Waals surface area contributed by atoms with Crippen molar-refractivity contribution in [3.8, 4) is 0 Å². The minimum Gasteiger partial charge on any atom is -0.456 e. The number of hydrogen-bond donors (Lipinski definition) is 0. The van der Waals surface area contributed by atoms with Crippen molar-refractivity contribution in [2.24, 2.45) is 0 Å². The molecule has 2 aromatic carbocycles. The van der Waals surface area contributed by atoms with E-state index in [2.05, 4.69) is 106 Å². The van der Waals surface area contributed by atoms with Gasteiger partial charge in [0.15, 0.2) is 0 Å². The number of furan rings is 1. The van der Waals surface area contributed by atoms with Crippen molar-refractivity contribution >= 4 is 69.8 Å². The summed E-state index contributed by atoms with van der Waals surface area (Å²) in [6, 6.07) is 21.3. The van der Waals surface area contributed by atoms with Gasteiger partial charge in [0.05, 0.1) is 11.4 Å². The minimum atomic E-state index is 0.0742. The summed E-state index contributed by atoms with van der Waals surface area (Å²) in [6.07, 6.45) is 3.70. The highest BCUT2D eigenvalue weighted by Gasteiger charge is 2.40. The highest BCUT2D eigenvalue weighted by Crippen LogP contribution is 2.36. The summed E-state index contributed by atoms with van der Waals surface area (Å²) < 4.78 is 6.24. The maximum atomic E-state index is 6.24. The Morgan fingerprint density at radius 3 is 1.49 bits per heavy atom. The Morgan fingerprint density at radius 2 is 1.06 bits per heavy atom. The Morgan fingerprint density at radius 1 is 0.600 bits per heavy atom. The molecule has 0 N–H and O–H groups in total. The first-order valence-corrected chi connectivity index (χ1v) is 11.8. The fraction of sp³-hybridized carbons (Fsp3) is 0.154. The maximum absolute atomic E-state index is 6.24. The van der Waals surface area contributed by atoms with Gasteiger partial charge in [-0.3, -0.25) is 0 Å². The lowest BCUT2D eigenvalue weighted by Gasteiger charge is -2.23.